The zero-order valence-electron chi connectivity index (χ0n) is 37.0. The third kappa shape index (κ3) is 21.5. The van der Waals surface area contributed by atoms with Gasteiger partial charge in [-0.1, -0.05) is 72.8 Å². The number of carbonyl (C=O) groups is 5. The summed E-state index contributed by atoms with van der Waals surface area (Å²) >= 11 is 6.96. The molecule has 0 aliphatic carbocycles. The van der Waals surface area contributed by atoms with Crippen LogP contribution in [0.3, 0.4) is 0 Å². The van der Waals surface area contributed by atoms with Crippen molar-refractivity contribution in [3.05, 3.63) is 147 Å². The van der Waals surface area contributed by atoms with Crippen LogP contribution in [0.5, 0.6) is 0 Å². The standard InChI is InChI=1S/C15H18N2O2S.C14H19NO4.C9H10ClNO.C9H11NO2/c1-15(2,3)19-14(18)16-8-11-4-6-12(7-5-11)13-9-20-10-17-13;1-14(2,3)19-13(17)15-9-10-5-7-11(8-6-10)12(16)18-4;10-5-9(12)8-3-1-7(6-11)2-4-8;1-12-9(11)8-4-2-7(6-10)3-5-8/h4-7,9-10H,8H2,1-3H3,(H,16,18);5-8H,9H2,1-4H3,(H,15,17);1-4H,5-6,11H2;2-5H,6,10H2,1H3. The molecule has 0 aliphatic rings. The Morgan fingerprint density at radius 1 is 0.587 bits per heavy atom. The first-order valence-electron chi connectivity index (χ1n) is 19.6. The molecule has 4 aromatic carbocycles. The molecular formula is C47H58ClN5O9S. The number of rotatable bonds is 11. The molecular weight excluding hydrogens is 846 g/mol. The van der Waals surface area contributed by atoms with E-state index in [9.17, 15) is 24.0 Å². The Morgan fingerprint density at radius 2 is 0.952 bits per heavy atom. The quantitative estimate of drug-likeness (QED) is 0.0424. The number of nitrogens with one attached hydrogen (secondary N) is 2. The second-order valence-corrected chi connectivity index (χ2v) is 16.3. The van der Waals surface area contributed by atoms with E-state index < -0.39 is 23.4 Å². The van der Waals surface area contributed by atoms with Crippen molar-refractivity contribution in [2.24, 2.45) is 11.5 Å². The van der Waals surface area contributed by atoms with Gasteiger partial charge in [-0.15, -0.1) is 22.9 Å². The van der Waals surface area contributed by atoms with Gasteiger partial charge < -0.3 is 41.0 Å². The van der Waals surface area contributed by atoms with E-state index >= 15 is 0 Å². The summed E-state index contributed by atoms with van der Waals surface area (Å²) < 4.78 is 19.4. The lowest BCUT2D eigenvalue weighted by Crippen LogP contribution is -2.32. The summed E-state index contributed by atoms with van der Waals surface area (Å²) in [6.45, 7) is 12.7. The van der Waals surface area contributed by atoms with E-state index in [0.717, 1.165) is 33.5 Å². The molecule has 16 heteroatoms. The lowest BCUT2D eigenvalue weighted by Gasteiger charge is -2.19. The second kappa shape index (κ2) is 27.0. The van der Waals surface area contributed by atoms with Gasteiger partial charge in [-0.3, -0.25) is 4.79 Å². The molecule has 0 unspecified atom stereocenters. The summed E-state index contributed by atoms with van der Waals surface area (Å²) in [5.74, 6) is -0.729. The number of alkyl carbamates (subject to hydrolysis) is 2. The van der Waals surface area contributed by atoms with E-state index in [2.05, 4.69) is 25.1 Å². The molecule has 0 aliphatic heterocycles. The highest BCUT2D eigenvalue weighted by atomic mass is 35.5. The number of halogens is 1. The van der Waals surface area contributed by atoms with Crippen molar-refractivity contribution in [3.63, 3.8) is 0 Å². The first kappa shape index (κ1) is 53.0. The lowest BCUT2D eigenvalue weighted by atomic mass is 10.1. The number of methoxy groups -OCH3 is 2. The Balaban J connectivity index is 0.000000297. The number of esters is 2. The summed E-state index contributed by atoms with van der Waals surface area (Å²) in [6.07, 6.45) is -0.870. The number of benzene rings is 4. The predicted octanol–water partition coefficient (Wildman–Crippen LogP) is 8.83. The van der Waals surface area contributed by atoms with Gasteiger partial charge in [0.15, 0.2) is 5.78 Å². The SMILES string of the molecule is CC(C)(C)OC(=O)NCc1ccc(-c2cscn2)cc1.COC(=O)c1ccc(CN)cc1.COC(=O)c1ccc(CNC(=O)OC(C)(C)C)cc1.NCc1ccc(C(=O)CCl)cc1. The van der Waals surface area contributed by atoms with Crippen molar-refractivity contribution >= 4 is 52.8 Å². The van der Waals surface area contributed by atoms with E-state index in [1.165, 1.54) is 14.2 Å². The fourth-order valence-electron chi connectivity index (χ4n) is 4.80. The number of thiazole rings is 1. The van der Waals surface area contributed by atoms with Gasteiger partial charge in [0.2, 0.25) is 0 Å². The molecule has 0 bridgehead atoms. The van der Waals surface area contributed by atoms with Gasteiger partial charge >= 0.3 is 24.1 Å². The molecule has 2 amide bonds. The number of nitrogens with two attached hydrogens (primary N) is 2. The number of alkyl halides is 1. The maximum Gasteiger partial charge on any atom is 0.407 e. The highest BCUT2D eigenvalue weighted by molar-refractivity contribution is 7.07. The summed E-state index contributed by atoms with van der Waals surface area (Å²) in [5, 5.41) is 7.38. The topological polar surface area (TPSA) is 211 Å². The van der Waals surface area contributed by atoms with Crippen molar-refractivity contribution in [3.8, 4) is 11.3 Å². The maximum atomic E-state index is 11.5. The van der Waals surface area contributed by atoms with Gasteiger partial charge in [0.25, 0.3) is 0 Å². The van der Waals surface area contributed by atoms with Gasteiger partial charge in [0.1, 0.15) is 11.2 Å². The minimum atomic E-state index is -0.515. The molecule has 0 atom stereocenters. The van der Waals surface area contributed by atoms with Crippen molar-refractivity contribution < 1.29 is 42.9 Å². The molecule has 14 nitrogen and oxygen atoms in total. The number of hydrogen-bond donors (Lipinski definition) is 4. The maximum absolute atomic E-state index is 11.5. The number of ketones is 1. The molecule has 0 saturated heterocycles. The Morgan fingerprint density at radius 3 is 1.27 bits per heavy atom. The normalized spacial score (nSPS) is 10.5. The van der Waals surface area contributed by atoms with Crippen molar-refractivity contribution in [2.45, 2.75) is 78.9 Å². The summed E-state index contributed by atoms with van der Waals surface area (Å²) in [4.78, 5) is 60.5. The molecule has 63 heavy (non-hydrogen) atoms. The molecule has 5 rings (SSSR count). The number of carbonyl (C=O) groups excluding carboxylic acids is 5. The van der Waals surface area contributed by atoms with Crippen LogP contribution in [0.4, 0.5) is 9.59 Å². The number of hydrogen-bond acceptors (Lipinski definition) is 13. The average Bonchev–Trinajstić information content (AvgIpc) is 3.82. The third-order valence-electron chi connectivity index (χ3n) is 7.97. The van der Waals surface area contributed by atoms with Crippen LogP contribution in [-0.2, 0) is 45.1 Å². The zero-order valence-corrected chi connectivity index (χ0v) is 38.6. The van der Waals surface area contributed by atoms with Crippen molar-refractivity contribution in [2.75, 3.05) is 20.1 Å². The molecule has 0 radical (unpaired) electrons. The molecule has 1 aromatic heterocycles. The Kier molecular flexibility index (Phi) is 22.8. The van der Waals surface area contributed by atoms with Gasteiger partial charge in [0.05, 0.1) is 42.4 Å². The van der Waals surface area contributed by atoms with Crippen molar-refractivity contribution in [1.29, 1.82) is 0 Å². The highest BCUT2D eigenvalue weighted by Crippen LogP contribution is 2.19. The van der Waals surface area contributed by atoms with Crippen LogP contribution in [-0.4, -0.2) is 66.2 Å². The fraction of sp³-hybridized carbons (Fsp3) is 0.319. The van der Waals surface area contributed by atoms with E-state index in [4.69, 9.17) is 32.5 Å². The van der Waals surface area contributed by atoms with Crippen LogP contribution >= 0.6 is 22.9 Å². The van der Waals surface area contributed by atoms with Crippen LogP contribution < -0.4 is 22.1 Å². The second-order valence-electron chi connectivity index (χ2n) is 15.3. The average molecular weight is 905 g/mol. The number of aromatic nitrogens is 1. The Hall–Kier alpha value is -6.13. The van der Waals surface area contributed by atoms with Gasteiger partial charge in [-0.05, 0) is 88.1 Å². The number of ether oxygens (including phenoxy) is 4. The molecule has 338 valence electrons. The molecule has 6 N–H and O–H groups in total. The van der Waals surface area contributed by atoms with E-state index in [1.807, 2.05) is 80.2 Å². The van der Waals surface area contributed by atoms with Crippen LogP contribution in [0.1, 0.15) is 94.9 Å². The lowest BCUT2D eigenvalue weighted by molar-refractivity contribution is 0.0512. The number of Topliss-reactive ketones (excluding diaryl/α,β-unsaturated/α-hetero) is 1. The first-order chi connectivity index (χ1) is 29.8. The monoisotopic (exact) mass is 903 g/mol. The summed E-state index contributed by atoms with van der Waals surface area (Å²) in [5.41, 5.74) is 19.2. The Bertz CT molecular complexity index is 2090. The fourth-order valence-corrected chi connectivity index (χ4v) is 5.52. The van der Waals surface area contributed by atoms with Crippen molar-refractivity contribution in [1.82, 2.24) is 15.6 Å². The van der Waals surface area contributed by atoms with Crippen LogP contribution in [0.2, 0.25) is 0 Å². The van der Waals surface area contributed by atoms with Crippen LogP contribution in [0.15, 0.2) is 108 Å². The van der Waals surface area contributed by atoms with E-state index in [1.54, 1.807) is 80.6 Å². The number of amides is 2. The van der Waals surface area contributed by atoms with E-state index in [0.29, 0.717) is 42.9 Å². The van der Waals surface area contributed by atoms with E-state index in [-0.39, 0.29) is 23.6 Å². The van der Waals surface area contributed by atoms with Crippen LogP contribution in [0, 0.1) is 0 Å². The third-order valence-corrected chi connectivity index (χ3v) is 8.80. The zero-order chi connectivity index (χ0) is 47.0. The largest absolute Gasteiger partial charge is 0.465 e. The molecule has 0 spiro atoms. The number of nitrogens with zero attached hydrogens (tertiary/aromatic N) is 1. The summed E-state index contributed by atoms with van der Waals surface area (Å²) in [6, 6.07) is 28.9. The molecule has 0 fully saturated rings. The highest BCUT2D eigenvalue weighted by Gasteiger charge is 2.17. The molecule has 0 saturated carbocycles. The predicted molar refractivity (Wildman–Crippen MR) is 247 cm³/mol. The Labute approximate surface area is 378 Å². The minimum absolute atomic E-state index is 0.0297. The van der Waals surface area contributed by atoms with Gasteiger partial charge in [-0.2, -0.15) is 0 Å². The minimum Gasteiger partial charge on any atom is -0.465 e. The van der Waals surface area contributed by atoms with Gasteiger partial charge in [0, 0.05) is 42.7 Å². The molecule has 5 aromatic rings. The van der Waals surface area contributed by atoms with Gasteiger partial charge in [-0.25, -0.2) is 24.2 Å². The summed E-state index contributed by atoms with van der Waals surface area (Å²) in [7, 11) is 2.69. The molecule has 1 heterocycles. The van der Waals surface area contributed by atoms with Crippen LogP contribution in [0.25, 0.3) is 11.3 Å². The first-order valence-corrected chi connectivity index (χ1v) is 21.1. The smallest absolute Gasteiger partial charge is 0.407 e.